The van der Waals surface area contributed by atoms with Crippen molar-refractivity contribution in [2.24, 2.45) is 5.92 Å². The van der Waals surface area contributed by atoms with E-state index in [9.17, 15) is 5.11 Å². The van der Waals surface area contributed by atoms with Gasteiger partial charge in [-0.15, -0.1) is 0 Å². The lowest BCUT2D eigenvalue weighted by Crippen LogP contribution is -2.39. The Kier molecular flexibility index (Phi) is 3.45. The van der Waals surface area contributed by atoms with Crippen LogP contribution in [0.1, 0.15) is 44.9 Å². The van der Waals surface area contributed by atoms with Crippen molar-refractivity contribution in [1.82, 2.24) is 4.90 Å². The molecule has 0 amide bonds. The molecule has 0 aliphatic heterocycles. The van der Waals surface area contributed by atoms with Crippen molar-refractivity contribution in [1.29, 1.82) is 0 Å². The third-order valence-electron chi connectivity index (χ3n) is 4.03. The first-order chi connectivity index (χ1) is 6.77. The summed E-state index contributed by atoms with van der Waals surface area (Å²) < 4.78 is 0. The first-order valence-electron chi connectivity index (χ1n) is 6.15. The summed E-state index contributed by atoms with van der Waals surface area (Å²) >= 11 is 0. The van der Waals surface area contributed by atoms with Crippen molar-refractivity contribution in [2.75, 3.05) is 13.6 Å². The van der Waals surface area contributed by atoms with Gasteiger partial charge in [0.1, 0.15) is 0 Å². The Morgan fingerprint density at radius 1 is 1.07 bits per heavy atom. The smallest absolute Gasteiger partial charge is 0.0695 e. The molecule has 0 aromatic rings. The Morgan fingerprint density at radius 3 is 2.36 bits per heavy atom. The van der Waals surface area contributed by atoms with Gasteiger partial charge in [0, 0.05) is 12.6 Å². The number of nitrogens with zero attached hydrogens (tertiary/aromatic N) is 1. The molecule has 2 aliphatic rings. The van der Waals surface area contributed by atoms with Gasteiger partial charge in [-0.2, -0.15) is 0 Å². The van der Waals surface area contributed by atoms with Crippen LogP contribution in [0.4, 0.5) is 0 Å². The number of aliphatic hydroxyl groups is 1. The number of hydrogen-bond acceptors (Lipinski definition) is 2. The van der Waals surface area contributed by atoms with Crippen molar-refractivity contribution in [3.05, 3.63) is 0 Å². The van der Waals surface area contributed by atoms with Crippen LogP contribution in [0.2, 0.25) is 0 Å². The SMILES string of the molecule is CN(CC1CCCC1)C1CCCC1O. The lowest BCUT2D eigenvalue weighted by molar-refractivity contribution is 0.0777. The van der Waals surface area contributed by atoms with Crippen molar-refractivity contribution in [2.45, 2.75) is 57.1 Å². The van der Waals surface area contributed by atoms with Gasteiger partial charge in [0.2, 0.25) is 0 Å². The van der Waals surface area contributed by atoms with Crippen molar-refractivity contribution in [3.63, 3.8) is 0 Å². The molecular formula is C12H23NO. The van der Waals surface area contributed by atoms with E-state index < -0.39 is 0 Å². The van der Waals surface area contributed by atoms with Gasteiger partial charge in [0.25, 0.3) is 0 Å². The summed E-state index contributed by atoms with van der Waals surface area (Å²) in [7, 11) is 2.19. The Morgan fingerprint density at radius 2 is 1.79 bits per heavy atom. The Labute approximate surface area is 87.3 Å². The topological polar surface area (TPSA) is 23.5 Å². The average Bonchev–Trinajstić information content (AvgIpc) is 2.75. The summed E-state index contributed by atoms with van der Waals surface area (Å²) in [6.45, 7) is 1.21. The van der Waals surface area contributed by atoms with Crippen LogP contribution in [-0.4, -0.2) is 35.7 Å². The molecule has 0 heterocycles. The van der Waals surface area contributed by atoms with Gasteiger partial charge in [-0.3, -0.25) is 0 Å². The van der Waals surface area contributed by atoms with Crippen LogP contribution in [0.3, 0.4) is 0 Å². The van der Waals surface area contributed by atoms with E-state index >= 15 is 0 Å². The Bertz CT molecular complexity index is 177. The minimum Gasteiger partial charge on any atom is -0.391 e. The molecule has 0 aromatic carbocycles. The number of likely N-dealkylation sites (N-methyl/N-ethyl adjacent to an activating group) is 1. The molecule has 0 bridgehead atoms. The van der Waals surface area contributed by atoms with Gasteiger partial charge < -0.3 is 10.0 Å². The maximum atomic E-state index is 9.79. The zero-order valence-electron chi connectivity index (χ0n) is 9.28. The Hall–Kier alpha value is -0.0800. The highest BCUT2D eigenvalue weighted by atomic mass is 16.3. The predicted octanol–water partition coefficient (Wildman–Crippen LogP) is 2.02. The van der Waals surface area contributed by atoms with Gasteiger partial charge in [-0.1, -0.05) is 12.8 Å². The highest BCUT2D eigenvalue weighted by molar-refractivity contribution is 4.85. The normalized spacial score (nSPS) is 34.5. The maximum Gasteiger partial charge on any atom is 0.0695 e. The quantitative estimate of drug-likeness (QED) is 0.748. The summed E-state index contributed by atoms with van der Waals surface area (Å²) in [6.07, 6.45) is 9.03. The van der Waals surface area contributed by atoms with E-state index in [-0.39, 0.29) is 6.10 Å². The van der Waals surface area contributed by atoms with Crippen LogP contribution in [0.5, 0.6) is 0 Å². The monoisotopic (exact) mass is 197 g/mol. The van der Waals surface area contributed by atoms with Crippen LogP contribution in [-0.2, 0) is 0 Å². The summed E-state index contributed by atoms with van der Waals surface area (Å²) in [4.78, 5) is 2.41. The molecule has 14 heavy (non-hydrogen) atoms. The molecule has 2 unspecified atom stereocenters. The summed E-state index contributed by atoms with van der Waals surface area (Å²) in [5, 5.41) is 9.79. The molecule has 2 heteroatoms. The average molecular weight is 197 g/mol. The van der Waals surface area contributed by atoms with Gasteiger partial charge >= 0.3 is 0 Å². The highest BCUT2D eigenvalue weighted by Gasteiger charge is 2.30. The van der Waals surface area contributed by atoms with Crippen LogP contribution < -0.4 is 0 Å². The van der Waals surface area contributed by atoms with E-state index in [0.29, 0.717) is 6.04 Å². The first-order valence-corrected chi connectivity index (χ1v) is 6.15. The molecule has 1 N–H and O–H groups in total. The highest BCUT2D eigenvalue weighted by Crippen LogP contribution is 2.28. The fourth-order valence-corrected chi connectivity index (χ4v) is 3.17. The van der Waals surface area contributed by atoms with Gasteiger partial charge in [0.15, 0.2) is 0 Å². The molecule has 0 radical (unpaired) electrons. The second-order valence-electron chi connectivity index (χ2n) is 5.16. The van der Waals surface area contributed by atoms with Crippen LogP contribution in [0, 0.1) is 5.92 Å². The lowest BCUT2D eigenvalue weighted by atomic mass is 10.1. The first kappa shape index (κ1) is 10.4. The second kappa shape index (κ2) is 4.63. The number of aliphatic hydroxyl groups excluding tert-OH is 1. The van der Waals surface area contributed by atoms with Crippen molar-refractivity contribution in [3.8, 4) is 0 Å². The molecule has 2 saturated carbocycles. The van der Waals surface area contributed by atoms with E-state index in [1.807, 2.05) is 0 Å². The van der Waals surface area contributed by atoms with Crippen LogP contribution in [0.25, 0.3) is 0 Å². The maximum absolute atomic E-state index is 9.79. The molecule has 2 atom stereocenters. The third kappa shape index (κ3) is 2.29. The molecule has 2 rings (SSSR count). The largest absolute Gasteiger partial charge is 0.391 e. The van der Waals surface area contributed by atoms with E-state index in [2.05, 4.69) is 11.9 Å². The minimum atomic E-state index is -0.0543. The van der Waals surface area contributed by atoms with E-state index in [1.165, 1.54) is 45.1 Å². The van der Waals surface area contributed by atoms with Gasteiger partial charge in [-0.25, -0.2) is 0 Å². The predicted molar refractivity (Wildman–Crippen MR) is 58.2 cm³/mol. The summed E-state index contributed by atoms with van der Waals surface area (Å²) in [5.41, 5.74) is 0. The molecule has 0 spiro atoms. The van der Waals surface area contributed by atoms with E-state index in [0.717, 1.165) is 12.3 Å². The summed E-state index contributed by atoms with van der Waals surface area (Å²) in [6, 6.07) is 0.454. The van der Waals surface area contributed by atoms with Crippen molar-refractivity contribution < 1.29 is 5.11 Å². The van der Waals surface area contributed by atoms with Crippen LogP contribution >= 0.6 is 0 Å². The Balaban J connectivity index is 1.78. The minimum absolute atomic E-state index is 0.0543. The molecule has 2 aliphatic carbocycles. The molecular weight excluding hydrogens is 174 g/mol. The zero-order valence-corrected chi connectivity index (χ0v) is 9.28. The van der Waals surface area contributed by atoms with Crippen LogP contribution in [0.15, 0.2) is 0 Å². The summed E-state index contributed by atoms with van der Waals surface area (Å²) in [5.74, 6) is 0.910. The molecule has 82 valence electrons. The number of hydrogen-bond donors (Lipinski definition) is 1. The fraction of sp³-hybridized carbons (Fsp3) is 1.00. The molecule has 0 aromatic heterocycles. The molecule has 2 nitrogen and oxygen atoms in total. The molecule has 0 saturated heterocycles. The second-order valence-corrected chi connectivity index (χ2v) is 5.16. The number of rotatable bonds is 3. The van der Waals surface area contributed by atoms with E-state index in [4.69, 9.17) is 0 Å². The standard InChI is InChI=1S/C12H23NO/c1-13(9-10-5-2-3-6-10)11-7-4-8-12(11)14/h10-12,14H,2-9H2,1H3. The third-order valence-corrected chi connectivity index (χ3v) is 4.03. The lowest BCUT2D eigenvalue weighted by Gasteiger charge is -2.29. The zero-order chi connectivity index (χ0) is 9.97. The van der Waals surface area contributed by atoms with E-state index in [1.54, 1.807) is 0 Å². The van der Waals surface area contributed by atoms with Crippen molar-refractivity contribution >= 4 is 0 Å². The fourth-order valence-electron chi connectivity index (χ4n) is 3.17. The van der Waals surface area contributed by atoms with Gasteiger partial charge in [-0.05, 0) is 45.1 Å². The molecule has 2 fully saturated rings. The van der Waals surface area contributed by atoms with Gasteiger partial charge in [0.05, 0.1) is 6.10 Å².